The van der Waals surface area contributed by atoms with Crippen LogP contribution in [-0.2, 0) is 11.8 Å². The van der Waals surface area contributed by atoms with Crippen LogP contribution in [-0.4, -0.2) is 29.6 Å². The lowest BCUT2D eigenvalue weighted by atomic mass is 9.85. The van der Waals surface area contributed by atoms with E-state index in [0.717, 1.165) is 37.2 Å². The SMILES string of the molecule is CCN(CC)CCc1cc(C(C)(C)C)ccc1C(=O)S. The van der Waals surface area contributed by atoms with Crippen LogP contribution in [0.25, 0.3) is 0 Å². The van der Waals surface area contributed by atoms with Gasteiger partial charge in [-0.1, -0.05) is 46.8 Å². The average Bonchev–Trinajstić information content (AvgIpc) is 2.38. The molecule has 0 aromatic heterocycles. The first-order valence-corrected chi connectivity index (χ1v) is 7.83. The minimum atomic E-state index is -0.139. The van der Waals surface area contributed by atoms with Gasteiger partial charge in [0.15, 0.2) is 0 Å². The number of hydrogen-bond donors (Lipinski definition) is 1. The molecule has 0 bridgehead atoms. The first-order valence-electron chi connectivity index (χ1n) is 7.38. The van der Waals surface area contributed by atoms with Gasteiger partial charge in [-0.15, -0.1) is 12.6 Å². The Balaban J connectivity index is 3.03. The van der Waals surface area contributed by atoms with Crippen LogP contribution in [0.5, 0.6) is 0 Å². The van der Waals surface area contributed by atoms with Crippen LogP contribution in [0.1, 0.15) is 56.1 Å². The molecule has 0 saturated carbocycles. The Labute approximate surface area is 129 Å². The van der Waals surface area contributed by atoms with Gasteiger partial charge in [-0.05, 0) is 42.1 Å². The largest absolute Gasteiger partial charge is 0.304 e. The summed E-state index contributed by atoms with van der Waals surface area (Å²) in [6, 6.07) is 6.14. The quantitative estimate of drug-likeness (QED) is 0.802. The zero-order valence-electron chi connectivity index (χ0n) is 13.4. The Morgan fingerprint density at radius 2 is 1.80 bits per heavy atom. The van der Waals surface area contributed by atoms with Gasteiger partial charge in [0, 0.05) is 12.1 Å². The van der Waals surface area contributed by atoms with E-state index in [1.165, 1.54) is 5.56 Å². The van der Waals surface area contributed by atoms with Crippen molar-refractivity contribution in [3.8, 4) is 0 Å². The number of thiol groups is 1. The third kappa shape index (κ3) is 4.64. The highest BCUT2D eigenvalue weighted by atomic mass is 32.1. The van der Waals surface area contributed by atoms with Crippen molar-refractivity contribution in [1.29, 1.82) is 0 Å². The Kier molecular flexibility index (Phi) is 6.28. The van der Waals surface area contributed by atoms with Gasteiger partial charge in [0.05, 0.1) is 0 Å². The van der Waals surface area contributed by atoms with Crippen LogP contribution in [0.4, 0.5) is 0 Å². The van der Waals surface area contributed by atoms with E-state index in [1.807, 2.05) is 12.1 Å². The van der Waals surface area contributed by atoms with Crippen molar-refractivity contribution in [3.63, 3.8) is 0 Å². The minimum absolute atomic E-state index is 0.0993. The predicted octanol–water partition coefficient (Wildman–Crippen LogP) is 3.94. The molecule has 0 aliphatic carbocycles. The lowest BCUT2D eigenvalue weighted by Gasteiger charge is -2.22. The first-order chi connectivity index (χ1) is 9.29. The molecular formula is C17H27NOS. The average molecular weight is 293 g/mol. The third-order valence-corrected chi connectivity index (χ3v) is 4.03. The van der Waals surface area contributed by atoms with E-state index < -0.39 is 0 Å². The topological polar surface area (TPSA) is 20.3 Å². The molecular weight excluding hydrogens is 266 g/mol. The first kappa shape index (κ1) is 17.3. The van der Waals surface area contributed by atoms with Crippen molar-refractivity contribution in [3.05, 3.63) is 34.9 Å². The maximum Gasteiger partial charge on any atom is 0.216 e. The molecule has 0 spiro atoms. The number of rotatable bonds is 6. The van der Waals surface area contributed by atoms with Crippen molar-refractivity contribution in [2.75, 3.05) is 19.6 Å². The Morgan fingerprint density at radius 1 is 1.20 bits per heavy atom. The van der Waals surface area contributed by atoms with E-state index in [0.29, 0.717) is 0 Å². The van der Waals surface area contributed by atoms with E-state index in [9.17, 15) is 4.79 Å². The highest BCUT2D eigenvalue weighted by Crippen LogP contribution is 2.25. The second-order valence-electron chi connectivity index (χ2n) is 6.20. The zero-order valence-corrected chi connectivity index (χ0v) is 14.3. The highest BCUT2D eigenvalue weighted by Gasteiger charge is 2.17. The molecule has 0 heterocycles. The van der Waals surface area contributed by atoms with Gasteiger partial charge in [0.25, 0.3) is 0 Å². The molecule has 20 heavy (non-hydrogen) atoms. The van der Waals surface area contributed by atoms with Gasteiger partial charge in [0.1, 0.15) is 0 Å². The van der Waals surface area contributed by atoms with Crippen molar-refractivity contribution in [1.82, 2.24) is 4.90 Å². The fourth-order valence-corrected chi connectivity index (χ4v) is 2.51. The molecule has 0 saturated heterocycles. The van der Waals surface area contributed by atoms with E-state index in [-0.39, 0.29) is 10.5 Å². The molecule has 1 rings (SSSR count). The second-order valence-corrected chi connectivity index (χ2v) is 6.61. The van der Waals surface area contributed by atoms with Gasteiger partial charge in [-0.25, -0.2) is 0 Å². The van der Waals surface area contributed by atoms with Crippen molar-refractivity contribution in [2.45, 2.75) is 46.5 Å². The van der Waals surface area contributed by atoms with Crippen LogP contribution in [0.15, 0.2) is 18.2 Å². The molecule has 0 amide bonds. The van der Waals surface area contributed by atoms with Crippen LogP contribution < -0.4 is 0 Å². The number of likely N-dealkylation sites (N-methyl/N-ethyl adjacent to an activating group) is 1. The molecule has 0 aliphatic rings. The Morgan fingerprint density at radius 3 is 2.25 bits per heavy atom. The summed E-state index contributed by atoms with van der Waals surface area (Å²) < 4.78 is 0. The molecule has 0 N–H and O–H groups in total. The second kappa shape index (κ2) is 7.28. The Hall–Kier alpha value is -0.800. The standard InChI is InChI=1S/C17H27NOS/c1-6-18(7-2)11-10-13-12-14(17(3,4)5)8-9-15(13)16(19)20/h8-9,12H,6-7,10-11H2,1-5H3,(H,19,20). The normalized spacial score (nSPS) is 11.9. The molecule has 0 radical (unpaired) electrons. The van der Waals surface area contributed by atoms with E-state index in [2.05, 4.69) is 58.2 Å². The van der Waals surface area contributed by atoms with Gasteiger partial charge < -0.3 is 4.90 Å². The van der Waals surface area contributed by atoms with Crippen LogP contribution in [0.3, 0.4) is 0 Å². The van der Waals surface area contributed by atoms with Crippen LogP contribution >= 0.6 is 12.6 Å². The van der Waals surface area contributed by atoms with Gasteiger partial charge >= 0.3 is 0 Å². The summed E-state index contributed by atoms with van der Waals surface area (Å²) in [7, 11) is 0. The number of nitrogens with zero attached hydrogens (tertiary/aromatic N) is 1. The number of hydrogen-bond acceptors (Lipinski definition) is 2. The van der Waals surface area contributed by atoms with Crippen molar-refractivity contribution >= 4 is 17.7 Å². The number of benzene rings is 1. The lowest BCUT2D eigenvalue weighted by molar-refractivity contribution is 0.109. The van der Waals surface area contributed by atoms with E-state index >= 15 is 0 Å². The van der Waals surface area contributed by atoms with Crippen LogP contribution in [0.2, 0.25) is 0 Å². The smallest absolute Gasteiger partial charge is 0.216 e. The Bertz CT molecular complexity index is 459. The van der Waals surface area contributed by atoms with Crippen molar-refractivity contribution < 1.29 is 4.79 Å². The molecule has 1 aromatic rings. The molecule has 2 nitrogen and oxygen atoms in total. The summed E-state index contributed by atoms with van der Waals surface area (Å²) in [6.07, 6.45) is 0.896. The fraction of sp³-hybridized carbons (Fsp3) is 0.588. The van der Waals surface area contributed by atoms with Gasteiger partial charge in [-0.2, -0.15) is 0 Å². The molecule has 1 aromatic carbocycles. The molecule has 0 unspecified atom stereocenters. The lowest BCUT2D eigenvalue weighted by Crippen LogP contribution is -2.26. The summed E-state index contributed by atoms with van der Waals surface area (Å²) in [6.45, 7) is 14.0. The fourth-order valence-electron chi connectivity index (χ4n) is 2.29. The third-order valence-electron chi connectivity index (χ3n) is 3.79. The maximum absolute atomic E-state index is 11.7. The summed E-state index contributed by atoms with van der Waals surface area (Å²) in [4.78, 5) is 14.0. The predicted molar refractivity (Wildman–Crippen MR) is 90.0 cm³/mol. The molecule has 112 valence electrons. The van der Waals surface area contributed by atoms with E-state index in [1.54, 1.807) is 0 Å². The molecule has 0 atom stereocenters. The maximum atomic E-state index is 11.7. The van der Waals surface area contributed by atoms with Gasteiger partial charge in [-0.3, -0.25) is 4.79 Å². The monoisotopic (exact) mass is 293 g/mol. The highest BCUT2D eigenvalue weighted by molar-refractivity contribution is 7.97. The van der Waals surface area contributed by atoms with Crippen molar-refractivity contribution in [2.24, 2.45) is 0 Å². The zero-order chi connectivity index (χ0) is 15.3. The minimum Gasteiger partial charge on any atom is -0.304 e. The molecule has 0 fully saturated rings. The number of carbonyl (C=O) groups excluding carboxylic acids is 1. The molecule has 0 aliphatic heterocycles. The summed E-state index contributed by atoms with van der Waals surface area (Å²) in [5.74, 6) is 0. The number of carbonyl (C=O) groups is 1. The molecule has 3 heteroatoms. The van der Waals surface area contributed by atoms with Gasteiger partial charge in [0.2, 0.25) is 5.12 Å². The van der Waals surface area contributed by atoms with Crippen LogP contribution in [0, 0.1) is 0 Å². The summed E-state index contributed by atoms with van der Waals surface area (Å²) in [5, 5.41) is -0.139. The summed E-state index contributed by atoms with van der Waals surface area (Å²) >= 11 is 4.00. The summed E-state index contributed by atoms with van der Waals surface area (Å²) in [5.41, 5.74) is 3.23. The van der Waals surface area contributed by atoms with E-state index in [4.69, 9.17) is 0 Å².